The zero-order chi connectivity index (χ0) is 15.0. The molecule has 112 valence electrons. The first-order chi connectivity index (χ1) is 10.1. The molecule has 1 unspecified atom stereocenters. The highest BCUT2D eigenvalue weighted by Gasteiger charge is 2.20. The third kappa shape index (κ3) is 3.23. The first kappa shape index (κ1) is 15.6. The molecule has 1 aliphatic rings. The minimum absolute atomic E-state index is 0.0197. The maximum atomic E-state index is 6.82. The predicted octanol–water partition coefficient (Wildman–Crippen LogP) is 6.72. The van der Waals surface area contributed by atoms with E-state index in [1.165, 1.54) is 53.7 Å². The first-order valence-corrected chi connectivity index (χ1v) is 9.63. The fourth-order valence-electron chi connectivity index (χ4n) is 3.04. The van der Waals surface area contributed by atoms with Crippen LogP contribution in [-0.4, -0.2) is 0 Å². The van der Waals surface area contributed by atoms with E-state index in [1.54, 1.807) is 10.4 Å². The highest BCUT2D eigenvalue weighted by Crippen LogP contribution is 2.40. The van der Waals surface area contributed by atoms with Gasteiger partial charge in [0.1, 0.15) is 0 Å². The van der Waals surface area contributed by atoms with E-state index in [0.717, 1.165) is 4.47 Å². The van der Waals surface area contributed by atoms with Gasteiger partial charge in [-0.3, -0.25) is 0 Å². The van der Waals surface area contributed by atoms with Crippen LogP contribution >= 0.6 is 38.9 Å². The lowest BCUT2D eigenvalue weighted by Crippen LogP contribution is -1.96. The summed E-state index contributed by atoms with van der Waals surface area (Å²) in [5.74, 6) is 0. The normalized spacial score (nSPS) is 16.4. The molecule has 3 rings (SSSR count). The molecule has 0 N–H and O–H groups in total. The Hall–Kier alpha value is -0.310. The van der Waals surface area contributed by atoms with Gasteiger partial charge in [-0.1, -0.05) is 28.4 Å². The van der Waals surface area contributed by atoms with Crippen LogP contribution in [-0.2, 0) is 12.8 Å². The lowest BCUT2D eigenvalue weighted by molar-refractivity contribution is 0.712. The van der Waals surface area contributed by atoms with Gasteiger partial charge in [0.05, 0.1) is 5.38 Å². The van der Waals surface area contributed by atoms with E-state index in [0.29, 0.717) is 0 Å². The summed E-state index contributed by atoms with van der Waals surface area (Å²) in [7, 11) is 0. The molecule has 1 heterocycles. The lowest BCUT2D eigenvalue weighted by Gasteiger charge is -2.13. The highest BCUT2D eigenvalue weighted by atomic mass is 79.9. The minimum Gasteiger partial charge on any atom is -0.143 e. The molecule has 1 aromatic carbocycles. The van der Waals surface area contributed by atoms with Crippen LogP contribution in [0.4, 0.5) is 0 Å². The van der Waals surface area contributed by atoms with Crippen molar-refractivity contribution in [3.63, 3.8) is 0 Å². The molecule has 0 radical (unpaired) electrons. The summed E-state index contributed by atoms with van der Waals surface area (Å²) >= 11 is 12.3. The predicted molar refractivity (Wildman–Crippen MR) is 96.9 cm³/mol. The summed E-state index contributed by atoms with van der Waals surface area (Å²) in [4.78, 5) is 2.88. The van der Waals surface area contributed by atoms with Crippen LogP contribution in [0.3, 0.4) is 0 Å². The van der Waals surface area contributed by atoms with Crippen LogP contribution in [0.25, 0.3) is 0 Å². The van der Waals surface area contributed by atoms with E-state index in [9.17, 15) is 0 Å². The molecule has 1 aliphatic carbocycles. The maximum absolute atomic E-state index is 6.82. The van der Waals surface area contributed by atoms with Crippen molar-refractivity contribution in [3.8, 4) is 0 Å². The van der Waals surface area contributed by atoms with Gasteiger partial charge in [-0.15, -0.1) is 22.9 Å². The Morgan fingerprint density at radius 2 is 1.81 bits per heavy atom. The van der Waals surface area contributed by atoms with E-state index >= 15 is 0 Å². The molecule has 1 atom stereocenters. The van der Waals surface area contributed by atoms with Crippen molar-refractivity contribution in [1.82, 2.24) is 0 Å². The largest absolute Gasteiger partial charge is 0.143 e. The van der Waals surface area contributed by atoms with E-state index < -0.39 is 0 Å². The average molecular weight is 384 g/mol. The van der Waals surface area contributed by atoms with Crippen molar-refractivity contribution < 1.29 is 0 Å². The van der Waals surface area contributed by atoms with Gasteiger partial charge in [-0.05, 0) is 73.9 Å². The molecule has 0 spiro atoms. The van der Waals surface area contributed by atoms with E-state index in [2.05, 4.69) is 48.0 Å². The van der Waals surface area contributed by atoms with E-state index in [4.69, 9.17) is 11.6 Å². The summed E-state index contributed by atoms with van der Waals surface area (Å²) < 4.78 is 1.16. The molecule has 2 aromatic rings. The fraction of sp³-hybridized carbons (Fsp3) is 0.444. The SMILES string of the molecule is Cc1cc(C(Cl)c2cc3c(s2)CCCCC3)c(C)cc1Br. The van der Waals surface area contributed by atoms with E-state index in [-0.39, 0.29) is 5.38 Å². The Balaban J connectivity index is 1.95. The molecular formula is C18H20BrClS. The molecular weight excluding hydrogens is 364 g/mol. The second-order valence-electron chi connectivity index (χ2n) is 5.98. The summed E-state index contributed by atoms with van der Waals surface area (Å²) in [6, 6.07) is 6.76. The second-order valence-corrected chi connectivity index (χ2v) is 8.44. The quantitative estimate of drug-likeness (QED) is 0.398. The van der Waals surface area contributed by atoms with Gasteiger partial charge < -0.3 is 0 Å². The fourth-order valence-corrected chi connectivity index (χ4v) is 5.19. The Bertz CT molecular complexity index is 636. The van der Waals surface area contributed by atoms with Crippen molar-refractivity contribution in [3.05, 3.63) is 54.7 Å². The molecule has 0 bridgehead atoms. The number of fused-ring (bicyclic) bond motifs is 1. The molecule has 0 fully saturated rings. The number of thiophene rings is 1. The summed E-state index contributed by atoms with van der Waals surface area (Å²) in [6.07, 6.45) is 6.49. The number of benzene rings is 1. The number of hydrogen-bond acceptors (Lipinski definition) is 1. The van der Waals surface area contributed by atoms with Crippen molar-refractivity contribution in [2.75, 3.05) is 0 Å². The average Bonchev–Trinajstić information content (AvgIpc) is 2.73. The first-order valence-electron chi connectivity index (χ1n) is 7.58. The van der Waals surface area contributed by atoms with Gasteiger partial charge in [0.15, 0.2) is 0 Å². The van der Waals surface area contributed by atoms with E-state index in [1.807, 2.05) is 11.3 Å². The third-order valence-corrected chi connectivity index (χ3v) is 7.09. The van der Waals surface area contributed by atoms with Crippen molar-refractivity contribution >= 4 is 38.9 Å². The number of alkyl halides is 1. The minimum atomic E-state index is -0.0197. The topological polar surface area (TPSA) is 0 Å². The summed E-state index contributed by atoms with van der Waals surface area (Å²) in [5, 5.41) is -0.0197. The molecule has 0 saturated heterocycles. The van der Waals surface area contributed by atoms with Gasteiger partial charge >= 0.3 is 0 Å². The maximum Gasteiger partial charge on any atom is 0.0930 e. The monoisotopic (exact) mass is 382 g/mol. The molecule has 1 aromatic heterocycles. The number of aryl methyl sites for hydroxylation is 4. The summed E-state index contributed by atoms with van der Waals surface area (Å²) in [5.41, 5.74) is 5.30. The second kappa shape index (κ2) is 6.44. The van der Waals surface area contributed by atoms with Crippen molar-refractivity contribution in [1.29, 1.82) is 0 Å². The Morgan fingerprint density at radius 1 is 1.05 bits per heavy atom. The standard InChI is InChI=1S/C18H20BrClS/c1-11-9-15(19)12(2)8-14(11)18(20)17-10-13-6-4-3-5-7-16(13)21-17/h8-10,18H,3-7H2,1-2H3. The Labute approximate surface area is 144 Å². The van der Waals surface area contributed by atoms with Crippen molar-refractivity contribution in [2.45, 2.75) is 51.3 Å². The third-order valence-electron chi connectivity index (χ3n) is 4.34. The highest BCUT2D eigenvalue weighted by molar-refractivity contribution is 9.10. The Morgan fingerprint density at radius 3 is 2.62 bits per heavy atom. The zero-order valence-electron chi connectivity index (χ0n) is 12.5. The molecule has 3 heteroatoms. The molecule has 0 nitrogen and oxygen atoms in total. The van der Waals surface area contributed by atoms with Gasteiger partial charge in [0.2, 0.25) is 0 Å². The van der Waals surface area contributed by atoms with Gasteiger partial charge in [-0.25, -0.2) is 0 Å². The molecule has 21 heavy (non-hydrogen) atoms. The lowest BCUT2D eigenvalue weighted by atomic mass is 10.0. The molecule has 0 saturated carbocycles. The smallest absolute Gasteiger partial charge is 0.0930 e. The number of rotatable bonds is 2. The van der Waals surface area contributed by atoms with Gasteiger partial charge in [-0.2, -0.15) is 0 Å². The van der Waals surface area contributed by atoms with Crippen LogP contribution < -0.4 is 0 Å². The van der Waals surface area contributed by atoms with Crippen LogP contribution in [0.5, 0.6) is 0 Å². The van der Waals surface area contributed by atoms with Crippen LogP contribution in [0.15, 0.2) is 22.7 Å². The Kier molecular flexibility index (Phi) is 4.78. The van der Waals surface area contributed by atoms with Gasteiger partial charge in [0.25, 0.3) is 0 Å². The van der Waals surface area contributed by atoms with Crippen LogP contribution in [0.2, 0.25) is 0 Å². The number of halogens is 2. The van der Waals surface area contributed by atoms with Crippen LogP contribution in [0, 0.1) is 13.8 Å². The molecule has 0 aliphatic heterocycles. The molecule has 0 amide bonds. The summed E-state index contributed by atoms with van der Waals surface area (Å²) in [6.45, 7) is 4.27. The van der Waals surface area contributed by atoms with Crippen LogP contribution in [0.1, 0.15) is 56.6 Å². The van der Waals surface area contributed by atoms with Gasteiger partial charge in [0, 0.05) is 14.2 Å². The number of hydrogen-bond donors (Lipinski definition) is 0. The van der Waals surface area contributed by atoms with Crippen molar-refractivity contribution in [2.24, 2.45) is 0 Å². The zero-order valence-corrected chi connectivity index (χ0v) is 15.7.